The first kappa shape index (κ1) is 26.7. The molecular weight excluding hydrogens is 517 g/mol. The van der Waals surface area contributed by atoms with Gasteiger partial charge in [0.25, 0.3) is 0 Å². The zero-order chi connectivity index (χ0) is 24.8. The first-order chi connectivity index (χ1) is 16.2. The summed E-state index contributed by atoms with van der Waals surface area (Å²) in [7, 11) is 0. The number of hydrogen-bond donors (Lipinski definition) is 1. The maximum Gasteiger partial charge on any atom is 0.348 e. The van der Waals surface area contributed by atoms with E-state index in [-0.39, 0.29) is 13.2 Å². The molecule has 0 spiro atoms. The second kappa shape index (κ2) is 12.2. The zero-order valence-electron chi connectivity index (χ0n) is 19.3. The van der Waals surface area contributed by atoms with E-state index in [9.17, 15) is 9.59 Å². The van der Waals surface area contributed by atoms with Crippen LogP contribution in [0.5, 0.6) is 0 Å². The van der Waals surface area contributed by atoms with Crippen LogP contribution < -0.4 is 5.32 Å². The van der Waals surface area contributed by atoms with Gasteiger partial charge < -0.3 is 19.7 Å². The van der Waals surface area contributed by atoms with Gasteiger partial charge >= 0.3 is 11.9 Å². The topological polar surface area (TPSA) is 71.1 Å². The summed E-state index contributed by atoms with van der Waals surface area (Å²) < 4.78 is 10.4. The van der Waals surface area contributed by atoms with Crippen molar-refractivity contribution in [1.82, 2.24) is 9.80 Å². The molecule has 0 radical (unpaired) electrons. The molecule has 1 N–H and O–H groups in total. The Morgan fingerprint density at radius 1 is 1.06 bits per heavy atom. The summed E-state index contributed by atoms with van der Waals surface area (Å²) in [5, 5.41) is 5.25. The number of carbonyl (C=O) groups excluding carboxylic acids is 2. The van der Waals surface area contributed by atoms with Crippen LogP contribution in [0.3, 0.4) is 0 Å². The number of halogens is 2. The quantitative estimate of drug-likeness (QED) is 0.376. The number of thiophene rings is 1. The highest BCUT2D eigenvalue weighted by molar-refractivity contribution is 7.80. The van der Waals surface area contributed by atoms with Crippen LogP contribution in [0.1, 0.15) is 45.0 Å². The van der Waals surface area contributed by atoms with Crippen molar-refractivity contribution in [3.05, 3.63) is 49.8 Å². The largest absolute Gasteiger partial charge is 0.462 e. The number of anilines is 1. The number of carbonyl (C=O) groups is 2. The SMILES string of the molecule is CCOC(=O)c1sc(NC(=S)N2CCN(Cc3ccc(Cl)c(Cl)c3)CC2)c(C(=O)OCC)c1C. The van der Waals surface area contributed by atoms with Crippen LogP contribution in [-0.2, 0) is 16.0 Å². The smallest absolute Gasteiger partial charge is 0.348 e. The minimum atomic E-state index is -0.497. The number of benzene rings is 1. The van der Waals surface area contributed by atoms with E-state index in [4.69, 9.17) is 44.9 Å². The van der Waals surface area contributed by atoms with Crippen molar-refractivity contribution in [2.24, 2.45) is 0 Å². The van der Waals surface area contributed by atoms with Gasteiger partial charge in [0, 0.05) is 32.7 Å². The predicted molar refractivity (Wildman–Crippen MR) is 141 cm³/mol. The van der Waals surface area contributed by atoms with Crippen molar-refractivity contribution in [3.8, 4) is 0 Å². The van der Waals surface area contributed by atoms with Gasteiger partial charge in [-0.2, -0.15) is 0 Å². The summed E-state index contributed by atoms with van der Waals surface area (Å²) in [5.74, 6) is -0.964. The summed E-state index contributed by atoms with van der Waals surface area (Å²) in [4.78, 5) is 29.7. The molecule has 1 saturated heterocycles. The van der Waals surface area contributed by atoms with Crippen LogP contribution in [0, 0.1) is 6.92 Å². The molecule has 2 heterocycles. The van der Waals surface area contributed by atoms with Gasteiger partial charge in [-0.3, -0.25) is 4.90 Å². The Labute approximate surface area is 218 Å². The summed E-state index contributed by atoms with van der Waals surface area (Å²) >= 11 is 18.9. The van der Waals surface area contributed by atoms with Crippen LogP contribution in [0.2, 0.25) is 10.0 Å². The molecule has 184 valence electrons. The lowest BCUT2D eigenvalue weighted by Gasteiger charge is -2.36. The van der Waals surface area contributed by atoms with Gasteiger partial charge in [0.15, 0.2) is 5.11 Å². The zero-order valence-corrected chi connectivity index (χ0v) is 22.4. The second-order valence-corrected chi connectivity index (χ2v) is 9.86. The molecule has 3 rings (SSSR count). The van der Waals surface area contributed by atoms with Crippen LogP contribution in [-0.4, -0.2) is 66.2 Å². The van der Waals surface area contributed by atoms with E-state index in [2.05, 4.69) is 15.1 Å². The number of rotatable bonds is 7. The molecule has 0 unspecified atom stereocenters. The fraction of sp³-hybridized carbons (Fsp3) is 0.435. The molecule has 0 atom stereocenters. The second-order valence-electron chi connectivity index (χ2n) is 7.64. The average Bonchev–Trinajstić information content (AvgIpc) is 3.13. The Morgan fingerprint density at radius 2 is 1.71 bits per heavy atom. The molecule has 1 aromatic heterocycles. The molecule has 1 fully saturated rings. The molecule has 0 saturated carbocycles. The van der Waals surface area contributed by atoms with Gasteiger partial charge in [-0.05, 0) is 56.2 Å². The number of esters is 2. The highest BCUT2D eigenvalue weighted by Gasteiger charge is 2.28. The minimum Gasteiger partial charge on any atom is -0.462 e. The highest BCUT2D eigenvalue weighted by Crippen LogP contribution is 2.34. The van der Waals surface area contributed by atoms with Gasteiger partial charge in [0.1, 0.15) is 9.88 Å². The van der Waals surface area contributed by atoms with E-state index in [1.807, 2.05) is 18.2 Å². The maximum absolute atomic E-state index is 12.6. The van der Waals surface area contributed by atoms with E-state index >= 15 is 0 Å². The molecule has 0 aliphatic carbocycles. The lowest BCUT2D eigenvalue weighted by molar-refractivity contribution is 0.0527. The molecule has 0 amide bonds. The molecule has 1 aliphatic rings. The number of nitrogens with one attached hydrogen (secondary N) is 1. The summed E-state index contributed by atoms with van der Waals surface area (Å²) in [5.41, 5.74) is 1.94. The molecular formula is C23H27Cl2N3O4S2. The van der Waals surface area contributed by atoms with Crippen molar-refractivity contribution in [2.45, 2.75) is 27.3 Å². The highest BCUT2D eigenvalue weighted by atomic mass is 35.5. The van der Waals surface area contributed by atoms with Crippen LogP contribution in [0.4, 0.5) is 5.00 Å². The third kappa shape index (κ3) is 6.40. The predicted octanol–water partition coefficient (Wildman–Crippen LogP) is 5.23. The van der Waals surface area contributed by atoms with E-state index in [0.29, 0.717) is 36.2 Å². The molecule has 2 aromatic rings. The fourth-order valence-corrected chi connectivity index (χ4v) is 5.38. The first-order valence-corrected chi connectivity index (χ1v) is 12.9. The van der Waals surface area contributed by atoms with Crippen molar-refractivity contribution in [2.75, 3.05) is 44.7 Å². The standard InChI is InChI=1S/C23H27Cl2N3O4S2/c1-4-31-21(29)18-14(3)19(22(30)32-5-2)34-20(18)26-23(33)28-10-8-27(9-11-28)13-15-6-7-16(24)17(25)12-15/h6-7,12H,4-5,8-11,13H2,1-3H3,(H,26,33). The van der Waals surface area contributed by atoms with Gasteiger partial charge in [-0.15, -0.1) is 11.3 Å². The van der Waals surface area contributed by atoms with E-state index in [0.717, 1.165) is 49.6 Å². The average molecular weight is 545 g/mol. The lowest BCUT2D eigenvalue weighted by atomic mass is 10.1. The minimum absolute atomic E-state index is 0.230. The molecule has 1 aromatic carbocycles. The fourth-order valence-electron chi connectivity index (χ4n) is 3.62. The van der Waals surface area contributed by atoms with Gasteiger partial charge in [0.05, 0.1) is 28.8 Å². The number of piperazine rings is 1. The molecule has 1 aliphatic heterocycles. The number of nitrogens with zero attached hydrogens (tertiary/aromatic N) is 2. The monoisotopic (exact) mass is 543 g/mol. The number of ether oxygens (including phenoxy) is 2. The van der Waals surface area contributed by atoms with Crippen molar-refractivity contribution in [3.63, 3.8) is 0 Å². The Kier molecular flexibility index (Phi) is 9.56. The van der Waals surface area contributed by atoms with Crippen LogP contribution in [0.25, 0.3) is 0 Å². The van der Waals surface area contributed by atoms with Gasteiger partial charge in [0.2, 0.25) is 0 Å². The molecule has 11 heteroatoms. The van der Waals surface area contributed by atoms with Crippen LogP contribution in [0.15, 0.2) is 18.2 Å². The van der Waals surface area contributed by atoms with Crippen molar-refractivity contribution in [1.29, 1.82) is 0 Å². The Morgan fingerprint density at radius 3 is 2.32 bits per heavy atom. The molecule has 34 heavy (non-hydrogen) atoms. The first-order valence-electron chi connectivity index (χ1n) is 10.9. The van der Waals surface area contributed by atoms with E-state index in [1.165, 1.54) is 0 Å². The Hall–Kier alpha value is -1.91. The third-order valence-electron chi connectivity index (χ3n) is 5.36. The third-order valence-corrected chi connectivity index (χ3v) is 7.64. The number of hydrogen-bond acceptors (Lipinski definition) is 7. The molecule has 0 bridgehead atoms. The number of thiocarbonyl (C=S) groups is 1. The van der Waals surface area contributed by atoms with Crippen molar-refractivity contribution < 1.29 is 19.1 Å². The Balaban J connectivity index is 1.67. The summed E-state index contributed by atoms with van der Waals surface area (Å²) in [6.07, 6.45) is 0. The normalized spacial score (nSPS) is 14.1. The lowest BCUT2D eigenvalue weighted by Crippen LogP contribution is -2.49. The summed E-state index contributed by atoms with van der Waals surface area (Å²) in [6.45, 7) is 9.49. The Bertz CT molecular complexity index is 1070. The van der Waals surface area contributed by atoms with Crippen molar-refractivity contribution >= 4 is 68.8 Å². The van der Waals surface area contributed by atoms with E-state index in [1.54, 1.807) is 20.8 Å². The van der Waals surface area contributed by atoms with Gasteiger partial charge in [-0.1, -0.05) is 29.3 Å². The maximum atomic E-state index is 12.6. The van der Waals surface area contributed by atoms with E-state index < -0.39 is 11.9 Å². The summed E-state index contributed by atoms with van der Waals surface area (Å²) in [6, 6.07) is 5.67. The van der Waals surface area contributed by atoms with Crippen LogP contribution >= 0.6 is 46.8 Å². The molecule has 7 nitrogen and oxygen atoms in total. The van der Waals surface area contributed by atoms with Gasteiger partial charge in [-0.25, -0.2) is 9.59 Å².